The van der Waals surface area contributed by atoms with Gasteiger partial charge in [0.15, 0.2) is 0 Å². The van der Waals surface area contributed by atoms with E-state index in [0.29, 0.717) is 30.9 Å². The normalized spacial score (nSPS) is 12.0. The maximum atomic E-state index is 12.3. The molecule has 0 aliphatic heterocycles. The van der Waals surface area contributed by atoms with Crippen LogP contribution in [0.25, 0.3) is 6.08 Å². The molecule has 0 unspecified atom stereocenters. The van der Waals surface area contributed by atoms with Crippen LogP contribution in [-0.2, 0) is 11.3 Å². The summed E-state index contributed by atoms with van der Waals surface area (Å²) in [5.41, 5.74) is 7.13. The molecule has 0 amide bonds. The molecule has 0 fully saturated rings. The first-order valence-corrected chi connectivity index (χ1v) is 8.99. The van der Waals surface area contributed by atoms with Gasteiger partial charge in [-0.2, -0.15) is 0 Å². The fourth-order valence-electron chi connectivity index (χ4n) is 2.37. The molecule has 0 saturated carbocycles. The van der Waals surface area contributed by atoms with Crippen molar-refractivity contribution in [3.63, 3.8) is 0 Å². The van der Waals surface area contributed by atoms with Gasteiger partial charge in [-0.05, 0) is 54.9 Å². The Bertz CT molecular complexity index is 784. The minimum Gasteiger partial charge on any atom is -0.498 e. The SMILES string of the molecule is CCOC(=Cc1ccc(OCc2ccc(OC(F)(F)F)c(Cl)c2)cc1)CCN. The molecule has 2 rings (SSSR count). The van der Waals surface area contributed by atoms with Gasteiger partial charge >= 0.3 is 6.36 Å². The minimum absolute atomic E-state index is 0.137. The van der Waals surface area contributed by atoms with Crippen molar-refractivity contribution in [2.45, 2.75) is 26.3 Å². The molecular formula is C20H21ClF3NO3. The van der Waals surface area contributed by atoms with Crippen molar-refractivity contribution in [1.82, 2.24) is 0 Å². The van der Waals surface area contributed by atoms with Crippen LogP contribution in [0.15, 0.2) is 48.2 Å². The molecule has 152 valence electrons. The lowest BCUT2D eigenvalue weighted by Gasteiger charge is -2.12. The Labute approximate surface area is 166 Å². The molecule has 2 N–H and O–H groups in total. The third kappa shape index (κ3) is 7.32. The molecule has 0 heterocycles. The van der Waals surface area contributed by atoms with Crippen LogP contribution in [0.4, 0.5) is 13.2 Å². The molecule has 2 aromatic rings. The average Bonchev–Trinajstić information content (AvgIpc) is 2.63. The highest BCUT2D eigenvalue weighted by Gasteiger charge is 2.32. The van der Waals surface area contributed by atoms with Crippen LogP contribution in [0.2, 0.25) is 5.02 Å². The summed E-state index contributed by atoms with van der Waals surface area (Å²) in [4.78, 5) is 0. The second-order valence-corrected chi connectivity index (χ2v) is 6.16. The van der Waals surface area contributed by atoms with Crippen molar-refractivity contribution in [3.05, 3.63) is 64.4 Å². The summed E-state index contributed by atoms with van der Waals surface area (Å²) < 4.78 is 51.8. The third-order valence-electron chi connectivity index (χ3n) is 3.56. The molecular weight excluding hydrogens is 395 g/mol. The Morgan fingerprint density at radius 1 is 1.14 bits per heavy atom. The van der Waals surface area contributed by atoms with Crippen LogP contribution in [0.3, 0.4) is 0 Å². The molecule has 0 radical (unpaired) electrons. The van der Waals surface area contributed by atoms with Crippen LogP contribution >= 0.6 is 11.6 Å². The number of alkyl halides is 3. The first-order chi connectivity index (χ1) is 13.3. The van der Waals surface area contributed by atoms with E-state index in [1.165, 1.54) is 12.1 Å². The molecule has 0 aromatic heterocycles. The topological polar surface area (TPSA) is 53.7 Å². The van der Waals surface area contributed by atoms with Crippen molar-refractivity contribution in [3.8, 4) is 11.5 Å². The fourth-order valence-corrected chi connectivity index (χ4v) is 2.61. The van der Waals surface area contributed by atoms with E-state index >= 15 is 0 Å². The summed E-state index contributed by atoms with van der Waals surface area (Å²) in [7, 11) is 0. The third-order valence-corrected chi connectivity index (χ3v) is 3.85. The molecule has 0 bridgehead atoms. The highest BCUT2D eigenvalue weighted by Crippen LogP contribution is 2.31. The molecule has 0 aliphatic rings. The first-order valence-electron chi connectivity index (χ1n) is 8.61. The number of hydrogen-bond donors (Lipinski definition) is 1. The predicted octanol–water partition coefficient (Wildman–Crippen LogP) is 5.54. The first kappa shape index (κ1) is 21.9. The lowest BCUT2D eigenvalue weighted by Crippen LogP contribution is -2.17. The quantitative estimate of drug-likeness (QED) is 0.546. The zero-order valence-corrected chi connectivity index (χ0v) is 16.0. The minimum atomic E-state index is -4.79. The molecule has 4 nitrogen and oxygen atoms in total. The van der Waals surface area contributed by atoms with Gasteiger partial charge in [0.1, 0.15) is 18.1 Å². The monoisotopic (exact) mass is 415 g/mol. The molecule has 0 spiro atoms. The maximum absolute atomic E-state index is 12.3. The van der Waals surface area contributed by atoms with Crippen molar-refractivity contribution >= 4 is 17.7 Å². The zero-order valence-electron chi connectivity index (χ0n) is 15.3. The van der Waals surface area contributed by atoms with Crippen LogP contribution in [0.1, 0.15) is 24.5 Å². The standard InChI is InChI=1S/C20H21ClF3NO3/c1-2-26-17(9-10-25)11-14-3-6-16(7-4-14)27-13-15-5-8-19(18(21)12-15)28-20(22,23)24/h3-8,11-12H,2,9-10,13,25H2,1H3. The van der Waals surface area contributed by atoms with E-state index in [-0.39, 0.29) is 11.6 Å². The van der Waals surface area contributed by atoms with Crippen molar-refractivity contribution in [1.29, 1.82) is 0 Å². The predicted molar refractivity (Wildman–Crippen MR) is 102 cm³/mol. The van der Waals surface area contributed by atoms with E-state index in [1.807, 2.05) is 25.1 Å². The molecule has 2 aromatic carbocycles. The van der Waals surface area contributed by atoms with Crippen LogP contribution < -0.4 is 15.2 Å². The maximum Gasteiger partial charge on any atom is 0.573 e. The van der Waals surface area contributed by atoms with Crippen LogP contribution in [0.5, 0.6) is 11.5 Å². The largest absolute Gasteiger partial charge is 0.573 e. The number of rotatable bonds is 9. The van der Waals surface area contributed by atoms with E-state index < -0.39 is 12.1 Å². The zero-order chi connectivity index (χ0) is 20.6. The number of benzene rings is 2. The van der Waals surface area contributed by atoms with Gasteiger partial charge in [0.2, 0.25) is 0 Å². The number of ether oxygens (including phenoxy) is 3. The second-order valence-electron chi connectivity index (χ2n) is 5.75. The van der Waals surface area contributed by atoms with E-state index in [9.17, 15) is 13.2 Å². The lowest BCUT2D eigenvalue weighted by atomic mass is 10.1. The summed E-state index contributed by atoms with van der Waals surface area (Å²) in [5, 5.41) is -0.137. The lowest BCUT2D eigenvalue weighted by molar-refractivity contribution is -0.274. The van der Waals surface area contributed by atoms with Gasteiger partial charge < -0.3 is 19.9 Å². The van der Waals surface area contributed by atoms with E-state index in [0.717, 1.165) is 17.4 Å². The van der Waals surface area contributed by atoms with Crippen molar-refractivity contribution in [2.24, 2.45) is 5.73 Å². The van der Waals surface area contributed by atoms with E-state index in [2.05, 4.69) is 4.74 Å². The fraction of sp³-hybridized carbons (Fsp3) is 0.300. The summed E-state index contributed by atoms with van der Waals surface area (Å²) in [6.45, 7) is 3.14. The van der Waals surface area contributed by atoms with Gasteiger partial charge in [-0.1, -0.05) is 29.8 Å². The van der Waals surface area contributed by atoms with Crippen molar-refractivity contribution in [2.75, 3.05) is 13.2 Å². The number of hydrogen-bond acceptors (Lipinski definition) is 4. The molecule has 0 saturated heterocycles. The van der Waals surface area contributed by atoms with Gasteiger partial charge in [-0.15, -0.1) is 13.2 Å². The Kier molecular flexibility index (Phi) is 8.02. The van der Waals surface area contributed by atoms with Gasteiger partial charge in [-0.25, -0.2) is 0 Å². The van der Waals surface area contributed by atoms with Crippen LogP contribution in [-0.4, -0.2) is 19.5 Å². The highest BCUT2D eigenvalue weighted by molar-refractivity contribution is 6.32. The Balaban J connectivity index is 1.98. The average molecular weight is 416 g/mol. The van der Waals surface area contributed by atoms with Crippen LogP contribution in [0, 0.1) is 0 Å². The Morgan fingerprint density at radius 2 is 1.86 bits per heavy atom. The summed E-state index contributed by atoms with van der Waals surface area (Å²) in [6, 6.07) is 11.3. The summed E-state index contributed by atoms with van der Waals surface area (Å²) in [6.07, 6.45) is -2.22. The van der Waals surface area contributed by atoms with E-state index in [1.54, 1.807) is 12.1 Å². The number of halogens is 4. The summed E-state index contributed by atoms with van der Waals surface area (Å²) >= 11 is 5.83. The smallest absolute Gasteiger partial charge is 0.498 e. The highest BCUT2D eigenvalue weighted by atomic mass is 35.5. The molecule has 28 heavy (non-hydrogen) atoms. The number of nitrogens with two attached hydrogens (primary N) is 1. The Hall–Kier alpha value is -2.38. The van der Waals surface area contributed by atoms with Gasteiger partial charge in [0.05, 0.1) is 17.4 Å². The van der Waals surface area contributed by atoms with E-state index in [4.69, 9.17) is 26.8 Å². The molecule has 0 aliphatic carbocycles. The second kappa shape index (κ2) is 10.2. The van der Waals surface area contributed by atoms with Gasteiger partial charge in [-0.3, -0.25) is 0 Å². The summed E-state index contributed by atoms with van der Waals surface area (Å²) in [5.74, 6) is 0.979. The Morgan fingerprint density at radius 3 is 2.43 bits per heavy atom. The molecule has 8 heteroatoms. The van der Waals surface area contributed by atoms with Crippen molar-refractivity contribution < 1.29 is 27.4 Å². The van der Waals surface area contributed by atoms with Gasteiger partial charge in [0.25, 0.3) is 0 Å². The molecule has 0 atom stereocenters. The van der Waals surface area contributed by atoms with Gasteiger partial charge in [0, 0.05) is 6.42 Å².